The van der Waals surface area contributed by atoms with Crippen LogP contribution < -0.4 is 10.6 Å². The lowest BCUT2D eigenvalue weighted by molar-refractivity contribution is 0.195. The molecule has 0 saturated carbocycles. The predicted molar refractivity (Wildman–Crippen MR) is 110 cm³/mol. The molecule has 146 valence electrons. The van der Waals surface area contributed by atoms with Crippen LogP contribution in [-0.4, -0.2) is 49.1 Å². The van der Waals surface area contributed by atoms with E-state index in [1.165, 1.54) is 31.5 Å². The second kappa shape index (κ2) is 9.55. The van der Waals surface area contributed by atoms with Gasteiger partial charge in [0.15, 0.2) is 5.96 Å². The van der Waals surface area contributed by atoms with Gasteiger partial charge in [0.25, 0.3) is 0 Å². The fraction of sp³-hybridized carbons (Fsp3) is 0.524. The van der Waals surface area contributed by atoms with Gasteiger partial charge in [-0.05, 0) is 50.9 Å². The molecule has 6 nitrogen and oxygen atoms in total. The third kappa shape index (κ3) is 5.82. The number of rotatable bonds is 6. The Morgan fingerprint density at radius 2 is 1.96 bits per heavy atom. The maximum atomic E-state index is 5.61. The third-order valence-electron chi connectivity index (χ3n) is 5.11. The molecule has 0 radical (unpaired) electrons. The van der Waals surface area contributed by atoms with E-state index in [4.69, 9.17) is 4.42 Å². The fourth-order valence-electron chi connectivity index (χ4n) is 3.23. The summed E-state index contributed by atoms with van der Waals surface area (Å²) in [5.41, 5.74) is 3.07. The van der Waals surface area contributed by atoms with Crippen LogP contribution in [-0.2, 0) is 6.54 Å². The van der Waals surface area contributed by atoms with Gasteiger partial charge in [0, 0.05) is 25.7 Å². The summed E-state index contributed by atoms with van der Waals surface area (Å²) in [5.74, 6) is 2.31. The number of aryl methyl sites for hydroxylation is 1. The van der Waals surface area contributed by atoms with Crippen molar-refractivity contribution in [2.45, 2.75) is 33.2 Å². The van der Waals surface area contributed by atoms with Gasteiger partial charge < -0.3 is 20.0 Å². The van der Waals surface area contributed by atoms with Gasteiger partial charge in [0.1, 0.15) is 6.26 Å². The first-order chi connectivity index (χ1) is 13.1. The molecule has 1 aliphatic heterocycles. The zero-order valence-electron chi connectivity index (χ0n) is 16.7. The first-order valence-electron chi connectivity index (χ1n) is 9.82. The molecule has 1 fully saturated rings. The summed E-state index contributed by atoms with van der Waals surface area (Å²) in [5, 5.41) is 6.68. The molecule has 6 heteroatoms. The van der Waals surface area contributed by atoms with Gasteiger partial charge in [-0.2, -0.15) is 0 Å². The highest BCUT2D eigenvalue weighted by Gasteiger charge is 2.15. The van der Waals surface area contributed by atoms with E-state index in [0.717, 1.165) is 36.2 Å². The molecule has 2 N–H and O–H groups in total. The van der Waals surface area contributed by atoms with Gasteiger partial charge in [-0.1, -0.05) is 24.6 Å². The highest BCUT2D eigenvalue weighted by atomic mass is 16.3. The molecule has 1 aliphatic rings. The second-order valence-electron chi connectivity index (χ2n) is 7.39. The Morgan fingerprint density at radius 1 is 1.22 bits per heavy atom. The maximum absolute atomic E-state index is 5.61. The Morgan fingerprint density at radius 3 is 2.67 bits per heavy atom. The topological polar surface area (TPSA) is 65.7 Å². The first-order valence-corrected chi connectivity index (χ1v) is 9.82. The average molecular weight is 370 g/mol. The zero-order valence-corrected chi connectivity index (χ0v) is 16.7. The maximum Gasteiger partial charge on any atom is 0.226 e. The summed E-state index contributed by atoms with van der Waals surface area (Å²) < 4.78 is 5.61. The summed E-state index contributed by atoms with van der Waals surface area (Å²) in [4.78, 5) is 11.4. The number of nitrogens with one attached hydrogen (secondary N) is 2. The Bertz CT molecular complexity index is 729. The Labute approximate surface area is 162 Å². The van der Waals surface area contributed by atoms with Crippen LogP contribution in [0.25, 0.3) is 11.5 Å². The second-order valence-corrected chi connectivity index (χ2v) is 7.39. The van der Waals surface area contributed by atoms with Crippen LogP contribution in [0.3, 0.4) is 0 Å². The lowest BCUT2D eigenvalue weighted by Gasteiger charge is -2.30. The van der Waals surface area contributed by atoms with Crippen molar-refractivity contribution in [1.29, 1.82) is 0 Å². The molecule has 2 heterocycles. The highest BCUT2D eigenvalue weighted by molar-refractivity contribution is 5.79. The van der Waals surface area contributed by atoms with Crippen LogP contribution in [0, 0.1) is 12.8 Å². The standard InChI is InChI=1S/C21H31N5O/c1-16-4-6-18(7-5-16)20-25-19(15-27-20)14-24-21(22-3)23-10-13-26-11-8-17(2)9-12-26/h4-7,15,17H,8-14H2,1-3H3,(H2,22,23,24). The van der Waals surface area contributed by atoms with Crippen LogP contribution in [0.4, 0.5) is 0 Å². The number of hydrogen-bond acceptors (Lipinski definition) is 4. The van der Waals surface area contributed by atoms with Gasteiger partial charge in [-0.15, -0.1) is 0 Å². The van der Waals surface area contributed by atoms with E-state index in [0.29, 0.717) is 12.4 Å². The van der Waals surface area contributed by atoms with Crippen molar-refractivity contribution >= 4 is 5.96 Å². The van der Waals surface area contributed by atoms with Crippen LogP contribution in [0.2, 0.25) is 0 Å². The third-order valence-corrected chi connectivity index (χ3v) is 5.11. The zero-order chi connectivity index (χ0) is 19.1. The molecule has 1 aromatic carbocycles. The number of oxazole rings is 1. The average Bonchev–Trinajstić information content (AvgIpc) is 3.15. The number of hydrogen-bond donors (Lipinski definition) is 2. The van der Waals surface area contributed by atoms with Gasteiger partial charge in [-0.3, -0.25) is 4.99 Å². The number of likely N-dealkylation sites (tertiary alicyclic amines) is 1. The number of benzene rings is 1. The number of aromatic nitrogens is 1. The summed E-state index contributed by atoms with van der Waals surface area (Å²) in [6.07, 6.45) is 4.31. The van der Waals surface area contributed by atoms with Gasteiger partial charge in [0.2, 0.25) is 5.89 Å². The first kappa shape index (κ1) is 19.4. The smallest absolute Gasteiger partial charge is 0.226 e. The molecular formula is C21H31N5O. The van der Waals surface area contributed by atoms with Crippen molar-refractivity contribution in [3.05, 3.63) is 41.8 Å². The Balaban J connectivity index is 1.42. The summed E-state index contributed by atoms with van der Waals surface area (Å²) >= 11 is 0. The molecule has 0 bridgehead atoms. The van der Waals surface area contributed by atoms with E-state index in [-0.39, 0.29) is 0 Å². The van der Waals surface area contributed by atoms with E-state index < -0.39 is 0 Å². The van der Waals surface area contributed by atoms with E-state index in [9.17, 15) is 0 Å². The number of aliphatic imine (C=N–C) groups is 1. The van der Waals surface area contributed by atoms with Gasteiger partial charge >= 0.3 is 0 Å². The van der Waals surface area contributed by atoms with E-state index in [1.807, 2.05) is 12.1 Å². The van der Waals surface area contributed by atoms with E-state index in [1.54, 1.807) is 13.3 Å². The van der Waals surface area contributed by atoms with Crippen molar-refractivity contribution in [3.63, 3.8) is 0 Å². The lowest BCUT2D eigenvalue weighted by Crippen LogP contribution is -2.43. The van der Waals surface area contributed by atoms with E-state index >= 15 is 0 Å². The minimum absolute atomic E-state index is 0.580. The Hall–Kier alpha value is -2.34. The molecule has 0 unspecified atom stereocenters. The molecule has 2 aromatic rings. The molecule has 1 aromatic heterocycles. The fourth-order valence-corrected chi connectivity index (χ4v) is 3.23. The minimum atomic E-state index is 0.580. The van der Waals surface area contributed by atoms with Crippen molar-refractivity contribution in [2.75, 3.05) is 33.2 Å². The van der Waals surface area contributed by atoms with Crippen molar-refractivity contribution < 1.29 is 4.42 Å². The monoisotopic (exact) mass is 369 g/mol. The van der Waals surface area contributed by atoms with Crippen LogP contribution in [0.15, 0.2) is 39.9 Å². The summed E-state index contributed by atoms with van der Waals surface area (Å²) in [6, 6.07) is 8.18. The van der Waals surface area contributed by atoms with Gasteiger partial charge in [0.05, 0.1) is 12.2 Å². The largest absolute Gasteiger partial charge is 0.444 e. The molecule has 1 saturated heterocycles. The molecule has 0 aliphatic carbocycles. The molecular weight excluding hydrogens is 338 g/mol. The lowest BCUT2D eigenvalue weighted by atomic mass is 9.99. The number of piperidine rings is 1. The van der Waals surface area contributed by atoms with Crippen molar-refractivity contribution in [2.24, 2.45) is 10.9 Å². The SMILES string of the molecule is CN=C(NCCN1CCC(C)CC1)NCc1coc(-c2ccc(C)cc2)n1. The molecule has 27 heavy (non-hydrogen) atoms. The Kier molecular flexibility index (Phi) is 6.87. The normalized spacial score (nSPS) is 16.5. The highest BCUT2D eigenvalue weighted by Crippen LogP contribution is 2.19. The molecule has 0 spiro atoms. The minimum Gasteiger partial charge on any atom is -0.444 e. The predicted octanol–water partition coefficient (Wildman–Crippen LogP) is 3.05. The van der Waals surface area contributed by atoms with Crippen LogP contribution >= 0.6 is 0 Å². The van der Waals surface area contributed by atoms with Crippen LogP contribution in [0.5, 0.6) is 0 Å². The number of nitrogens with zero attached hydrogens (tertiary/aromatic N) is 3. The van der Waals surface area contributed by atoms with Gasteiger partial charge in [-0.25, -0.2) is 4.98 Å². The van der Waals surface area contributed by atoms with Crippen molar-refractivity contribution in [3.8, 4) is 11.5 Å². The van der Waals surface area contributed by atoms with Crippen molar-refractivity contribution in [1.82, 2.24) is 20.5 Å². The molecule has 3 rings (SSSR count). The molecule has 0 atom stereocenters. The molecule has 0 amide bonds. The van der Waals surface area contributed by atoms with Crippen LogP contribution in [0.1, 0.15) is 31.0 Å². The summed E-state index contributed by atoms with van der Waals surface area (Å²) in [7, 11) is 1.79. The number of guanidine groups is 1. The van der Waals surface area contributed by atoms with E-state index in [2.05, 4.69) is 51.5 Å². The summed E-state index contributed by atoms with van der Waals surface area (Å²) in [6.45, 7) is 9.34. The quantitative estimate of drug-likeness (QED) is 0.605.